The molecule has 0 N–H and O–H groups in total. The number of thioether (sulfide) groups is 1. The summed E-state index contributed by atoms with van der Waals surface area (Å²) in [5.41, 5.74) is 2.18. The van der Waals surface area contributed by atoms with Crippen LogP contribution >= 0.6 is 24.0 Å². The fraction of sp³-hybridized carbons (Fsp3) is 0.385. The summed E-state index contributed by atoms with van der Waals surface area (Å²) in [4.78, 5) is 33.3. The van der Waals surface area contributed by atoms with Crippen LogP contribution in [0.1, 0.15) is 36.1 Å². The maximum Gasteiger partial charge on any atom is 0.270 e. The van der Waals surface area contributed by atoms with Gasteiger partial charge in [0.2, 0.25) is 0 Å². The van der Waals surface area contributed by atoms with Gasteiger partial charge in [-0.25, -0.2) is 0 Å². The van der Waals surface area contributed by atoms with Crippen molar-refractivity contribution in [3.8, 4) is 6.07 Å². The van der Waals surface area contributed by atoms with Crippen LogP contribution in [0.2, 0.25) is 0 Å². The van der Waals surface area contributed by atoms with Gasteiger partial charge in [0.25, 0.3) is 11.5 Å². The first-order valence-electron chi connectivity index (χ1n) is 11.8. The van der Waals surface area contributed by atoms with E-state index in [1.807, 2.05) is 43.3 Å². The van der Waals surface area contributed by atoms with Crippen molar-refractivity contribution >= 4 is 46.1 Å². The van der Waals surface area contributed by atoms with Gasteiger partial charge in [0.1, 0.15) is 21.8 Å². The highest BCUT2D eigenvalue weighted by Crippen LogP contribution is 2.36. The molecule has 1 aromatic heterocycles. The summed E-state index contributed by atoms with van der Waals surface area (Å²) in [5, 5.41) is 9.77. The first-order chi connectivity index (χ1) is 16.9. The summed E-state index contributed by atoms with van der Waals surface area (Å²) < 4.78 is 2.18. The van der Waals surface area contributed by atoms with E-state index in [0.29, 0.717) is 27.9 Å². The zero-order valence-electron chi connectivity index (χ0n) is 20.3. The minimum atomic E-state index is -0.283. The van der Waals surface area contributed by atoms with Crippen LogP contribution in [0.4, 0.5) is 5.82 Å². The molecule has 0 saturated carbocycles. The molecule has 0 unspecified atom stereocenters. The first-order valence-corrected chi connectivity index (χ1v) is 13.1. The number of carbonyl (C=O) groups is 1. The SMILES string of the molecule is CCN1CCN(c2c(/C=C3\SC(=S)N(Cc4ccccc4)C3=O)c(C)c(C#N)c(=O)n2CC)CC1. The summed E-state index contributed by atoms with van der Waals surface area (Å²) in [6, 6.07) is 11.8. The van der Waals surface area contributed by atoms with Gasteiger partial charge in [0, 0.05) is 38.3 Å². The Labute approximate surface area is 215 Å². The predicted octanol–water partition coefficient (Wildman–Crippen LogP) is 3.59. The molecule has 0 atom stereocenters. The second-order valence-corrected chi connectivity index (χ2v) is 10.2. The molecule has 0 radical (unpaired) electrons. The third kappa shape index (κ3) is 4.92. The number of hydrogen-bond acceptors (Lipinski definition) is 7. The number of nitriles is 1. The van der Waals surface area contributed by atoms with Gasteiger partial charge in [-0.15, -0.1) is 0 Å². The van der Waals surface area contributed by atoms with Crippen LogP contribution in [-0.2, 0) is 17.9 Å². The average molecular weight is 508 g/mol. The van der Waals surface area contributed by atoms with Crippen LogP contribution in [0.15, 0.2) is 40.0 Å². The van der Waals surface area contributed by atoms with E-state index in [-0.39, 0.29) is 17.0 Å². The van der Waals surface area contributed by atoms with Crippen LogP contribution < -0.4 is 10.5 Å². The van der Waals surface area contributed by atoms with Crippen molar-refractivity contribution in [3.05, 3.63) is 67.8 Å². The Hall–Kier alpha value is -2.93. The zero-order valence-corrected chi connectivity index (χ0v) is 21.9. The zero-order chi connectivity index (χ0) is 25.1. The van der Waals surface area contributed by atoms with E-state index >= 15 is 0 Å². The highest BCUT2D eigenvalue weighted by molar-refractivity contribution is 8.26. The number of benzene rings is 1. The van der Waals surface area contributed by atoms with E-state index in [9.17, 15) is 14.9 Å². The van der Waals surface area contributed by atoms with Gasteiger partial charge in [0.05, 0.1) is 11.4 Å². The van der Waals surface area contributed by atoms with Crippen molar-refractivity contribution in [1.82, 2.24) is 14.4 Å². The molecular formula is C26H29N5O2S2. The molecule has 9 heteroatoms. The predicted molar refractivity (Wildman–Crippen MR) is 145 cm³/mol. The fourth-order valence-corrected chi connectivity index (χ4v) is 5.82. The lowest BCUT2D eigenvalue weighted by atomic mass is 10.0. The van der Waals surface area contributed by atoms with E-state index < -0.39 is 0 Å². The molecule has 2 aliphatic rings. The van der Waals surface area contributed by atoms with Crippen LogP contribution in [0.25, 0.3) is 6.08 Å². The second-order valence-electron chi connectivity index (χ2n) is 8.57. The average Bonchev–Trinajstić information content (AvgIpc) is 3.13. The summed E-state index contributed by atoms with van der Waals surface area (Å²) in [6.45, 7) is 11.0. The molecular weight excluding hydrogens is 478 g/mol. The van der Waals surface area contributed by atoms with Crippen LogP contribution in [0.3, 0.4) is 0 Å². The number of likely N-dealkylation sites (N-methyl/N-ethyl adjacent to an activating group) is 1. The third-order valence-electron chi connectivity index (χ3n) is 6.61. The molecule has 1 amide bonds. The normalized spacial score (nSPS) is 17.9. The van der Waals surface area contributed by atoms with Gasteiger partial charge in [0.15, 0.2) is 0 Å². The van der Waals surface area contributed by atoms with E-state index in [4.69, 9.17) is 12.2 Å². The highest BCUT2D eigenvalue weighted by Gasteiger charge is 2.33. The number of amides is 1. The van der Waals surface area contributed by atoms with E-state index in [0.717, 1.165) is 49.7 Å². The molecule has 1 aromatic carbocycles. The van der Waals surface area contributed by atoms with Crippen molar-refractivity contribution < 1.29 is 4.79 Å². The van der Waals surface area contributed by atoms with Gasteiger partial charge in [-0.05, 0) is 37.6 Å². The number of hydrogen-bond donors (Lipinski definition) is 0. The molecule has 0 aliphatic carbocycles. The topological polar surface area (TPSA) is 72.6 Å². The van der Waals surface area contributed by atoms with Gasteiger partial charge < -0.3 is 9.80 Å². The van der Waals surface area contributed by atoms with Gasteiger partial charge in [-0.3, -0.25) is 19.1 Å². The molecule has 2 aliphatic heterocycles. The first kappa shape index (κ1) is 25.2. The van der Waals surface area contributed by atoms with Gasteiger partial charge in [-0.2, -0.15) is 5.26 Å². The number of aromatic nitrogens is 1. The summed E-state index contributed by atoms with van der Waals surface area (Å²) >= 11 is 6.82. The Morgan fingerprint density at radius 3 is 2.37 bits per heavy atom. The quantitative estimate of drug-likeness (QED) is 0.437. The van der Waals surface area contributed by atoms with Crippen molar-refractivity contribution in [1.29, 1.82) is 5.26 Å². The van der Waals surface area contributed by atoms with Gasteiger partial charge in [-0.1, -0.05) is 61.2 Å². The van der Waals surface area contributed by atoms with Crippen molar-refractivity contribution in [3.63, 3.8) is 0 Å². The van der Waals surface area contributed by atoms with Crippen LogP contribution in [0, 0.1) is 18.3 Å². The van der Waals surface area contributed by atoms with Crippen molar-refractivity contribution in [2.24, 2.45) is 0 Å². The third-order valence-corrected chi connectivity index (χ3v) is 7.99. The Kier molecular flexibility index (Phi) is 7.75. The maximum absolute atomic E-state index is 13.4. The van der Waals surface area contributed by atoms with Crippen molar-refractivity contribution in [2.45, 2.75) is 33.9 Å². The minimum absolute atomic E-state index is 0.119. The minimum Gasteiger partial charge on any atom is -0.355 e. The van der Waals surface area contributed by atoms with Crippen molar-refractivity contribution in [2.75, 3.05) is 37.6 Å². The van der Waals surface area contributed by atoms with E-state index in [1.165, 1.54) is 11.8 Å². The summed E-state index contributed by atoms with van der Waals surface area (Å²) in [7, 11) is 0. The Bertz CT molecular complexity index is 1270. The molecule has 2 saturated heterocycles. The summed E-state index contributed by atoms with van der Waals surface area (Å²) in [6.07, 6.45) is 1.83. The largest absolute Gasteiger partial charge is 0.355 e. The van der Waals surface area contributed by atoms with Crippen LogP contribution in [0.5, 0.6) is 0 Å². The Morgan fingerprint density at radius 2 is 1.77 bits per heavy atom. The van der Waals surface area contributed by atoms with E-state index in [2.05, 4.69) is 22.8 Å². The number of carbonyl (C=O) groups excluding carboxylic acids is 1. The Morgan fingerprint density at radius 1 is 1.09 bits per heavy atom. The fourth-order valence-electron chi connectivity index (χ4n) is 4.59. The lowest BCUT2D eigenvalue weighted by molar-refractivity contribution is -0.122. The number of thiocarbonyl (C=S) groups is 1. The Balaban J connectivity index is 1.79. The molecule has 182 valence electrons. The number of nitrogens with zero attached hydrogens (tertiary/aromatic N) is 5. The molecule has 0 spiro atoms. The molecule has 7 nitrogen and oxygen atoms in total. The number of rotatable bonds is 6. The molecule has 35 heavy (non-hydrogen) atoms. The monoisotopic (exact) mass is 507 g/mol. The molecule has 0 bridgehead atoms. The smallest absolute Gasteiger partial charge is 0.270 e. The molecule has 3 heterocycles. The number of anilines is 1. The molecule has 4 rings (SSSR count). The lowest BCUT2D eigenvalue weighted by Crippen LogP contribution is -2.48. The lowest BCUT2D eigenvalue weighted by Gasteiger charge is -2.37. The highest BCUT2D eigenvalue weighted by atomic mass is 32.2. The van der Waals surface area contributed by atoms with Gasteiger partial charge >= 0.3 is 0 Å². The molecule has 2 aromatic rings. The second kappa shape index (κ2) is 10.8. The van der Waals surface area contributed by atoms with Crippen LogP contribution in [-0.4, -0.2) is 57.3 Å². The molecule has 2 fully saturated rings. The van der Waals surface area contributed by atoms with E-state index in [1.54, 1.807) is 16.4 Å². The maximum atomic E-state index is 13.4. The summed E-state index contributed by atoms with van der Waals surface area (Å²) in [5.74, 6) is 0.621. The standard InChI is InChI=1S/C26H29N5O2S2/c1-4-28-11-13-29(14-12-28)23-20(18(3)21(16-27)24(32)30(23)5-2)15-22-25(33)31(26(34)35-22)17-19-9-7-6-8-10-19/h6-10,15H,4-5,11-14,17H2,1-3H3/b22-15-. The number of pyridine rings is 1. The number of piperazine rings is 1.